The second-order valence-electron chi connectivity index (χ2n) is 5.66. The van der Waals surface area contributed by atoms with Gasteiger partial charge in [0.15, 0.2) is 11.5 Å². The van der Waals surface area contributed by atoms with Crippen LogP contribution in [-0.4, -0.2) is 13.9 Å². The van der Waals surface area contributed by atoms with Crippen LogP contribution in [-0.2, 0) is 6.61 Å². The number of fused-ring (bicyclic) bond motifs is 1. The highest BCUT2D eigenvalue weighted by Gasteiger charge is 2.27. The minimum Gasteiger partial charge on any atom is -0.492 e. The van der Waals surface area contributed by atoms with Crippen molar-refractivity contribution in [3.8, 4) is 34.1 Å². The SMILES string of the molecule is COc1c2c(cc(OCc3ccccc3)c1-c1ccccc1)OCO2. The van der Waals surface area contributed by atoms with Gasteiger partial charge in [-0.1, -0.05) is 60.7 Å². The van der Waals surface area contributed by atoms with Crippen LogP contribution in [0.15, 0.2) is 66.7 Å². The lowest BCUT2D eigenvalue weighted by molar-refractivity contribution is 0.171. The average molecular weight is 334 g/mol. The molecule has 4 rings (SSSR count). The van der Waals surface area contributed by atoms with E-state index in [1.54, 1.807) is 7.11 Å². The zero-order valence-corrected chi connectivity index (χ0v) is 13.9. The summed E-state index contributed by atoms with van der Waals surface area (Å²) in [5.74, 6) is 2.59. The van der Waals surface area contributed by atoms with E-state index in [2.05, 4.69) is 0 Å². The predicted molar refractivity (Wildman–Crippen MR) is 95.3 cm³/mol. The molecule has 3 aromatic carbocycles. The van der Waals surface area contributed by atoms with Gasteiger partial charge in [0, 0.05) is 6.07 Å². The Labute approximate surface area is 146 Å². The van der Waals surface area contributed by atoms with Gasteiger partial charge in [-0.15, -0.1) is 0 Å². The Bertz CT molecular complexity index is 860. The summed E-state index contributed by atoms with van der Waals surface area (Å²) in [6.07, 6.45) is 0. The lowest BCUT2D eigenvalue weighted by Gasteiger charge is -2.17. The van der Waals surface area contributed by atoms with Gasteiger partial charge in [-0.25, -0.2) is 0 Å². The highest BCUT2D eigenvalue weighted by atomic mass is 16.7. The Hall–Kier alpha value is -3.14. The summed E-state index contributed by atoms with van der Waals surface area (Å²) in [5, 5.41) is 0. The van der Waals surface area contributed by atoms with Gasteiger partial charge < -0.3 is 18.9 Å². The highest BCUT2D eigenvalue weighted by Crippen LogP contribution is 2.52. The van der Waals surface area contributed by atoms with Gasteiger partial charge in [0.25, 0.3) is 0 Å². The van der Waals surface area contributed by atoms with Crippen LogP contribution < -0.4 is 18.9 Å². The minimum atomic E-state index is 0.183. The third-order valence-corrected chi connectivity index (χ3v) is 4.09. The molecule has 0 spiro atoms. The maximum Gasteiger partial charge on any atom is 0.231 e. The van der Waals surface area contributed by atoms with E-state index in [1.807, 2.05) is 66.7 Å². The van der Waals surface area contributed by atoms with E-state index in [9.17, 15) is 0 Å². The van der Waals surface area contributed by atoms with E-state index >= 15 is 0 Å². The molecular weight excluding hydrogens is 316 g/mol. The van der Waals surface area contributed by atoms with Crippen molar-refractivity contribution in [2.24, 2.45) is 0 Å². The second kappa shape index (κ2) is 6.77. The quantitative estimate of drug-likeness (QED) is 0.679. The molecule has 1 heterocycles. The summed E-state index contributed by atoms with van der Waals surface area (Å²) in [6, 6.07) is 21.9. The van der Waals surface area contributed by atoms with Crippen LogP contribution in [0, 0.1) is 0 Å². The lowest BCUT2D eigenvalue weighted by Crippen LogP contribution is -1.99. The lowest BCUT2D eigenvalue weighted by atomic mass is 10.0. The molecule has 1 aliphatic heterocycles. The number of hydrogen-bond donors (Lipinski definition) is 0. The average Bonchev–Trinajstić information content (AvgIpc) is 3.15. The van der Waals surface area contributed by atoms with Crippen molar-refractivity contribution in [2.45, 2.75) is 6.61 Å². The third-order valence-electron chi connectivity index (χ3n) is 4.09. The van der Waals surface area contributed by atoms with Crippen LogP contribution in [0.3, 0.4) is 0 Å². The first-order valence-electron chi connectivity index (χ1n) is 8.09. The monoisotopic (exact) mass is 334 g/mol. The standard InChI is InChI=1S/C21H18O4/c1-22-21-19(16-10-6-3-7-11-16)17(12-18-20(21)25-14-24-18)23-13-15-8-4-2-5-9-15/h2-12H,13-14H2,1H3. The van der Waals surface area contributed by atoms with Crippen LogP contribution in [0.2, 0.25) is 0 Å². The molecule has 0 fully saturated rings. The van der Waals surface area contributed by atoms with Crippen molar-refractivity contribution in [3.05, 3.63) is 72.3 Å². The van der Waals surface area contributed by atoms with Gasteiger partial charge in [0.05, 0.1) is 12.7 Å². The van der Waals surface area contributed by atoms with Crippen LogP contribution in [0.1, 0.15) is 5.56 Å². The molecule has 0 atom stereocenters. The summed E-state index contributed by atoms with van der Waals surface area (Å²) in [4.78, 5) is 0. The van der Waals surface area contributed by atoms with E-state index < -0.39 is 0 Å². The topological polar surface area (TPSA) is 36.9 Å². The van der Waals surface area contributed by atoms with Crippen LogP contribution in [0.5, 0.6) is 23.0 Å². The summed E-state index contributed by atoms with van der Waals surface area (Å²) in [7, 11) is 1.63. The van der Waals surface area contributed by atoms with Crippen molar-refractivity contribution in [1.29, 1.82) is 0 Å². The first-order chi connectivity index (χ1) is 12.4. The first kappa shape index (κ1) is 15.4. The zero-order valence-electron chi connectivity index (χ0n) is 13.9. The number of methoxy groups -OCH3 is 1. The molecule has 0 saturated carbocycles. The van der Waals surface area contributed by atoms with Gasteiger partial charge in [-0.05, 0) is 11.1 Å². The second-order valence-corrected chi connectivity index (χ2v) is 5.66. The normalized spacial score (nSPS) is 12.0. The molecule has 1 aliphatic rings. The fraction of sp³-hybridized carbons (Fsp3) is 0.143. The smallest absolute Gasteiger partial charge is 0.231 e. The molecule has 0 amide bonds. The number of benzene rings is 3. The zero-order chi connectivity index (χ0) is 17.1. The van der Waals surface area contributed by atoms with Gasteiger partial charge in [0.2, 0.25) is 12.5 Å². The van der Waals surface area contributed by atoms with Gasteiger partial charge in [-0.2, -0.15) is 0 Å². The maximum absolute atomic E-state index is 6.13. The van der Waals surface area contributed by atoms with Crippen molar-refractivity contribution in [1.82, 2.24) is 0 Å². The third kappa shape index (κ3) is 2.98. The molecule has 3 aromatic rings. The largest absolute Gasteiger partial charge is 0.492 e. The predicted octanol–water partition coefficient (Wildman–Crippen LogP) is 4.67. The Morgan fingerprint density at radius 3 is 2.36 bits per heavy atom. The van der Waals surface area contributed by atoms with Crippen molar-refractivity contribution < 1.29 is 18.9 Å². The van der Waals surface area contributed by atoms with Gasteiger partial charge >= 0.3 is 0 Å². The number of ether oxygens (including phenoxy) is 4. The Morgan fingerprint density at radius 2 is 1.64 bits per heavy atom. The molecule has 126 valence electrons. The Kier molecular flexibility index (Phi) is 4.17. The molecule has 25 heavy (non-hydrogen) atoms. The summed E-state index contributed by atoms with van der Waals surface area (Å²) in [6.45, 7) is 0.644. The fourth-order valence-electron chi connectivity index (χ4n) is 2.91. The van der Waals surface area contributed by atoms with Crippen LogP contribution in [0.4, 0.5) is 0 Å². The van der Waals surface area contributed by atoms with Crippen LogP contribution in [0.25, 0.3) is 11.1 Å². The van der Waals surface area contributed by atoms with E-state index in [1.165, 1.54) is 0 Å². The molecule has 0 aromatic heterocycles. The van der Waals surface area contributed by atoms with E-state index in [0.717, 1.165) is 16.7 Å². The number of rotatable bonds is 5. The highest BCUT2D eigenvalue weighted by molar-refractivity contribution is 5.82. The Balaban J connectivity index is 1.79. The fourth-order valence-corrected chi connectivity index (χ4v) is 2.91. The first-order valence-corrected chi connectivity index (χ1v) is 8.09. The molecular formula is C21H18O4. The van der Waals surface area contributed by atoms with E-state index in [0.29, 0.717) is 29.6 Å². The molecule has 4 heteroatoms. The van der Waals surface area contributed by atoms with Crippen molar-refractivity contribution in [2.75, 3.05) is 13.9 Å². The number of hydrogen-bond acceptors (Lipinski definition) is 4. The van der Waals surface area contributed by atoms with E-state index in [4.69, 9.17) is 18.9 Å². The van der Waals surface area contributed by atoms with E-state index in [-0.39, 0.29) is 6.79 Å². The molecule has 0 bridgehead atoms. The summed E-state index contributed by atoms with van der Waals surface area (Å²) >= 11 is 0. The molecule has 0 aliphatic carbocycles. The summed E-state index contributed by atoms with van der Waals surface area (Å²) in [5.41, 5.74) is 2.96. The Morgan fingerprint density at radius 1 is 0.920 bits per heavy atom. The maximum atomic E-state index is 6.13. The molecule has 0 saturated heterocycles. The van der Waals surface area contributed by atoms with Crippen molar-refractivity contribution >= 4 is 0 Å². The molecule has 0 radical (unpaired) electrons. The molecule has 0 N–H and O–H groups in total. The van der Waals surface area contributed by atoms with Gasteiger partial charge in [-0.3, -0.25) is 0 Å². The van der Waals surface area contributed by atoms with Crippen LogP contribution >= 0.6 is 0 Å². The van der Waals surface area contributed by atoms with Gasteiger partial charge in [0.1, 0.15) is 12.4 Å². The minimum absolute atomic E-state index is 0.183. The molecule has 4 nitrogen and oxygen atoms in total. The molecule has 0 unspecified atom stereocenters. The summed E-state index contributed by atoms with van der Waals surface area (Å²) < 4.78 is 22.9. The van der Waals surface area contributed by atoms with Crippen molar-refractivity contribution in [3.63, 3.8) is 0 Å².